The molecule has 2 aromatic carbocycles. The number of nitrogens with zero attached hydrogens (tertiary/aromatic N) is 2. The van der Waals surface area contributed by atoms with Gasteiger partial charge in [0.15, 0.2) is 0 Å². The summed E-state index contributed by atoms with van der Waals surface area (Å²) in [5, 5.41) is 11.1. The second kappa shape index (κ2) is 8.31. The number of carbonyl (C=O) groups excluding carboxylic acids is 2. The maximum atomic E-state index is 13.1. The molecule has 0 bridgehead atoms. The minimum absolute atomic E-state index is 0.0716. The Morgan fingerprint density at radius 2 is 1.91 bits per heavy atom. The number of hydrogen-bond acceptors (Lipinski definition) is 6. The number of anilines is 1. The molecule has 0 aliphatic carbocycles. The number of H-pyrrole nitrogens is 1. The summed E-state index contributed by atoms with van der Waals surface area (Å²) >= 11 is 0. The second-order valence-corrected chi connectivity index (χ2v) is 7.63. The van der Waals surface area contributed by atoms with Gasteiger partial charge in [-0.05, 0) is 55.0 Å². The van der Waals surface area contributed by atoms with E-state index in [0.29, 0.717) is 29.2 Å². The molecule has 1 saturated heterocycles. The zero-order valence-electron chi connectivity index (χ0n) is 17.8. The summed E-state index contributed by atoms with van der Waals surface area (Å²) in [6.07, 6.45) is 2.32. The van der Waals surface area contributed by atoms with Gasteiger partial charge in [0.1, 0.15) is 23.3 Å². The molecule has 1 unspecified atom stereocenters. The highest BCUT2D eigenvalue weighted by Crippen LogP contribution is 2.41. The van der Waals surface area contributed by atoms with E-state index in [1.807, 2.05) is 25.1 Å². The Balaban J connectivity index is 1.61. The number of aliphatic hydroxyl groups is 1. The van der Waals surface area contributed by atoms with Gasteiger partial charge in [0.2, 0.25) is 5.95 Å². The van der Waals surface area contributed by atoms with E-state index >= 15 is 0 Å². The standard InChI is InChI=1S/C25H21N3O5/c1-2-13-32-16-11-9-15(10-12-16)22(29)20-21(19-8-5-14-33-19)28(24(31)23(20)30)25-26-17-6-3-4-7-18(17)27-25/h3-12,14,21,29H,2,13H2,1H3,(H,26,27)/b22-20+. The third-order valence-electron chi connectivity index (χ3n) is 5.46. The number of aromatic amines is 1. The number of furan rings is 1. The van der Waals surface area contributed by atoms with Crippen LogP contribution < -0.4 is 9.64 Å². The van der Waals surface area contributed by atoms with Crippen LogP contribution in [0.3, 0.4) is 0 Å². The summed E-state index contributed by atoms with van der Waals surface area (Å²) in [6.45, 7) is 2.59. The number of amides is 1. The third kappa shape index (κ3) is 3.55. The average molecular weight is 443 g/mol. The number of benzene rings is 2. The monoisotopic (exact) mass is 443 g/mol. The minimum atomic E-state index is -0.975. The molecule has 0 radical (unpaired) electrons. The van der Waals surface area contributed by atoms with Crippen molar-refractivity contribution in [3.05, 3.63) is 83.8 Å². The fraction of sp³-hybridized carbons (Fsp3) is 0.160. The van der Waals surface area contributed by atoms with Crippen molar-refractivity contribution in [2.24, 2.45) is 0 Å². The minimum Gasteiger partial charge on any atom is -0.507 e. The molecular formula is C25H21N3O5. The molecule has 33 heavy (non-hydrogen) atoms. The molecule has 1 fully saturated rings. The third-order valence-corrected chi connectivity index (χ3v) is 5.46. The summed E-state index contributed by atoms with van der Waals surface area (Å²) in [6, 6.07) is 16.4. The van der Waals surface area contributed by atoms with Crippen molar-refractivity contribution < 1.29 is 23.8 Å². The van der Waals surface area contributed by atoms with Crippen molar-refractivity contribution in [1.82, 2.24) is 9.97 Å². The van der Waals surface area contributed by atoms with Crippen LogP contribution in [0, 0.1) is 0 Å². The van der Waals surface area contributed by atoms with Crippen LogP contribution >= 0.6 is 0 Å². The first-order chi connectivity index (χ1) is 16.1. The predicted octanol–water partition coefficient (Wildman–Crippen LogP) is 4.57. The van der Waals surface area contributed by atoms with Gasteiger partial charge in [-0.2, -0.15) is 0 Å². The molecular weight excluding hydrogens is 422 g/mol. The maximum absolute atomic E-state index is 13.1. The van der Waals surface area contributed by atoms with Crippen molar-refractivity contribution in [2.75, 3.05) is 11.5 Å². The Morgan fingerprint density at radius 1 is 1.12 bits per heavy atom. The molecule has 8 nitrogen and oxygen atoms in total. The first kappa shape index (κ1) is 20.6. The molecule has 3 heterocycles. The molecule has 2 N–H and O–H groups in total. The van der Waals surface area contributed by atoms with Crippen molar-refractivity contribution in [1.29, 1.82) is 0 Å². The number of ether oxygens (including phenoxy) is 1. The number of rotatable bonds is 6. The van der Waals surface area contributed by atoms with E-state index in [-0.39, 0.29) is 17.3 Å². The van der Waals surface area contributed by atoms with Gasteiger partial charge in [0.25, 0.3) is 5.78 Å². The Hall–Kier alpha value is -4.33. The number of para-hydroxylation sites is 2. The van der Waals surface area contributed by atoms with E-state index in [0.717, 1.165) is 11.9 Å². The van der Waals surface area contributed by atoms with Crippen LogP contribution in [-0.4, -0.2) is 33.4 Å². The topological polar surface area (TPSA) is 109 Å². The van der Waals surface area contributed by atoms with Crippen LogP contribution in [0.1, 0.15) is 30.7 Å². The second-order valence-electron chi connectivity index (χ2n) is 7.63. The van der Waals surface area contributed by atoms with Crippen molar-refractivity contribution >= 4 is 34.4 Å². The van der Waals surface area contributed by atoms with E-state index < -0.39 is 17.7 Å². The number of carbonyl (C=O) groups is 2. The van der Waals surface area contributed by atoms with Gasteiger partial charge in [-0.25, -0.2) is 4.98 Å². The summed E-state index contributed by atoms with van der Waals surface area (Å²) in [4.78, 5) is 35.0. The molecule has 1 amide bonds. The Labute approximate surface area is 189 Å². The lowest BCUT2D eigenvalue weighted by atomic mass is 9.99. The van der Waals surface area contributed by atoms with Crippen LogP contribution in [-0.2, 0) is 9.59 Å². The van der Waals surface area contributed by atoms with Crippen LogP contribution in [0.5, 0.6) is 5.75 Å². The van der Waals surface area contributed by atoms with Gasteiger partial charge >= 0.3 is 5.91 Å². The molecule has 166 valence electrons. The van der Waals surface area contributed by atoms with Crippen LogP contribution in [0.2, 0.25) is 0 Å². The Bertz CT molecular complexity index is 1320. The van der Waals surface area contributed by atoms with Crippen molar-refractivity contribution in [3.63, 3.8) is 0 Å². The van der Waals surface area contributed by atoms with Gasteiger partial charge in [-0.1, -0.05) is 19.1 Å². The maximum Gasteiger partial charge on any atom is 0.302 e. The number of nitrogens with one attached hydrogen (secondary N) is 1. The Kier molecular flexibility index (Phi) is 5.18. The van der Waals surface area contributed by atoms with Crippen LogP contribution in [0.25, 0.3) is 16.8 Å². The lowest BCUT2D eigenvalue weighted by molar-refractivity contribution is -0.132. The van der Waals surface area contributed by atoms with Crippen LogP contribution in [0.4, 0.5) is 5.95 Å². The van der Waals surface area contributed by atoms with E-state index in [4.69, 9.17) is 9.15 Å². The Morgan fingerprint density at radius 3 is 2.61 bits per heavy atom. The largest absolute Gasteiger partial charge is 0.507 e. The lowest BCUT2D eigenvalue weighted by Crippen LogP contribution is -2.30. The fourth-order valence-corrected chi connectivity index (χ4v) is 3.90. The summed E-state index contributed by atoms with van der Waals surface area (Å²) < 4.78 is 11.1. The molecule has 0 saturated carbocycles. The number of ketones is 1. The molecule has 1 aliphatic rings. The van der Waals surface area contributed by atoms with E-state index in [2.05, 4.69) is 9.97 Å². The van der Waals surface area contributed by atoms with Gasteiger partial charge < -0.3 is 19.2 Å². The van der Waals surface area contributed by atoms with Crippen molar-refractivity contribution in [2.45, 2.75) is 19.4 Å². The quantitative estimate of drug-likeness (QED) is 0.257. The van der Waals surface area contributed by atoms with E-state index in [9.17, 15) is 14.7 Å². The number of imidazole rings is 1. The average Bonchev–Trinajstić information content (AvgIpc) is 3.56. The smallest absolute Gasteiger partial charge is 0.302 e. The van der Waals surface area contributed by atoms with E-state index in [1.165, 1.54) is 11.2 Å². The first-order valence-corrected chi connectivity index (χ1v) is 10.6. The van der Waals surface area contributed by atoms with Gasteiger partial charge in [-0.3, -0.25) is 14.5 Å². The molecule has 5 rings (SSSR count). The SMILES string of the molecule is CCCOc1ccc(/C(O)=C2\C(=O)C(=O)N(c3nc4ccccc4[nH]3)C2c2ccco2)cc1. The normalized spacial score (nSPS) is 17.7. The molecule has 4 aromatic rings. The first-order valence-electron chi connectivity index (χ1n) is 10.6. The zero-order chi connectivity index (χ0) is 22.9. The van der Waals surface area contributed by atoms with Gasteiger partial charge in [0.05, 0.1) is 29.5 Å². The lowest BCUT2D eigenvalue weighted by Gasteiger charge is -2.20. The molecule has 0 spiro atoms. The summed E-state index contributed by atoms with van der Waals surface area (Å²) in [7, 11) is 0. The molecule has 1 atom stereocenters. The number of aromatic nitrogens is 2. The summed E-state index contributed by atoms with van der Waals surface area (Å²) in [5.41, 5.74) is 1.68. The number of hydrogen-bond donors (Lipinski definition) is 2. The molecule has 2 aromatic heterocycles. The zero-order valence-corrected chi connectivity index (χ0v) is 17.8. The van der Waals surface area contributed by atoms with Gasteiger partial charge in [0, 0.05) is 5.56 Å². The highest BCUT2D eigenvalue weighted by atomic mass is 16.5. The molecule has 8 heteroatoms. The highest BCUT2D eigenvalue weighted by Gasteiger charge is 2.49. The number of fused-ring (bicyclic) bond motifs is 1. The number of Topliss-reactive ketones (excluding diaryl/α,β-unsaturated/α-hetero) is 1. The molecule has 1 aliphatic heterocycles. The number of aliphatic hydroxyl groups excluding tert-OH is 1. The van der Waals surface area contributed by atoms with Crippen LogP contribution in [0.15, 0.2) is 76.9 Å². The van der Waals surface area contributed by atoms with E-state index in [1.54, 1.807) is 42.5 Å². The highest BCUT2D eigenvalue weighted by molar-refractivity contribution is 6.51. The predicted molar refractivity (Wildman–Crippen MR) is 122 cm³/mol. The fourth-order valence-electron chi connectivity index (χ4n) is 3.90. The van der Waals surface area contributed by atoms with Gasteiger partial charge in [-0.15, -0.1) is 0 Å². The summed E-state index contributed by atoms with van der Waals surface area (Å²) in [5.74, 6) is -0.740. The van der Waals surface area contributed by atoms with Crippen molar-refractivity contribution in [3.8, 4) is 5.75 Å².